The van der Waals surface area contributed by atoms with E-state index in [1.165, 1.54) is 17.8 Å². The second-order valence-corrected chi connectivity index (χ2v) is 8.52. The number of halogens is 2. The molecule has 172 valence electrons. The van der Waals surface area contributed by atoms with E-state index < -0.39 is 22.3 Å². The third-order valence-corrected chi connectivity index (χ3v) is 5.98. The Bertz CT molecular complexity index is 1330. The summed E-state index contributed by atoms with van der Waals surface area (Å²) in [6, 6.07) is 20.2. The topological polar surface area (TPSA) is 103 Å². The number of anilines is 1. The number of carbonyl (C=O) groups is 1. The predicted molar refractivity (Wildman–Crippen MR) is 128 cm³/mol. The zero-order valence-electron chi connectivity index (χ0n) is 17.5. The van der Waals surface area contributed by atoms with Gasteiger partial charge in [0.2, 0.25) is 11.7 Å². The molecule has 34 heavy (non-hydrogen) atoms. The van der Waals surface area contributed by atoms with Crippen molar-refractivity contribution in [2.24, 2.45) is 0 Å². The van der Waals surface area contributed by atoms with Gasteiger partial charge in [0.1, 0.15) is 0 Å². The molecule has 0 radical (unpaired) electrons. The van der Waals surface area contributed by atoms with Gasteiger partial charge in [-0.3, -0.25) is 19.5 Å². The molecule has 0 fully saturated rings. The molecular weight excluding hydrogens is 481 g/mol. The maximum absolute atomic E-state index is 13.5. The SMILES string of the molecule is O=C(CSc1nnc(-c2ccc(Cl)cc2)n1Cc1ccccc1)Nc1ccc(F)c([N+](=O)[O-])c1. The Hall–Kier alpha value is -3.76. The van der Waals surface area contributed by atoms with Crippen molar-refractivity contribution in [2.45, 2.75) is 11.7 Å². The van der Waals surface area contributed by atoms with Gasteiger partial charge >= 0.3 is 5.69 Å². The normalized spacial score (nSPS) is 10.8. The highest BCUT2D eigenvalue weighted by molar-refractivity contribution is 7.99. The van der Waals surface area contributed by atoms with Crippen LogP contribution in [-0.2, 0) is 11.3 Å². The molecule has 0 aliphatic carbocycles. The van der Waals surface area contributed by atoms with Gasteiger partial charge in [0.05, 0.1) is 17.2 Å². The number of carbonyl (C=O) groups excluding carboxylic acids is 1. The smallest absolute Gasteiger partial charge is 0.306 e. The van der Waals surface area contributed by atoms with Crippen LogP contribution in [0.25, 0.3) is 11.4 Å². The lowest BCUT2D eigenvalue weighted by molar-refractivity contribution is -0.387. The Labute approximate surface area is 202 Å². The van der Waals surface area contributed by atoms with Crippen LogP contribution in [0.2, 0.25) is 5.02 Å². The predicted octanol–water partition coefficient (Wildman–Crippen LogP) is 5.42. The Morgan fingerprint density at radius 2 is 1.82 bits per heavy atom. The van der Waals surface area contributed by atoms with Gasteiger partial charge in [-0.1, -0.05) is 53.7 Å². The molecule has 3 aromatic carbocycles. The summed E-state index contributed by atoms with van der Waals surface area (Å²) < 4.78 is 15.4. The molecule has 11 heteroatoms. The lowest BCUT2D eigenvalue weighted by Crippen LogP contribution is -2.15. The van der Waals surface area contributed by atoms with Crippen LogP contribution in [0, 0.1) is 15.9 Å². The number of nitro benzene ring substituents is 1. The van der Waals surface area contributed by atoms with Crippen molar-refractivity contribution in [3.63, 3.8) is 0 Å². The fourth-order valence-electron chi connectivity index (χ4n) is 3.17. The highest BCUT2D eigenvalue weighted by Gasteiger charge is 2.18. The van der Waals surface area contributed by atoms with Gasteiger partial charge in [-0.05, 0) is 42.0 Å². The van der Waals surface area contributed by atoms with Crippen LogP contribution < -0.4 is 5.32 Å². The summed E-state index contributed by atoms with van der Waals surface area (Å²) in [5, 5.41) is 23.2. The summed E-state index contributed by atoms with van der Waals surface area (Å²) in [5.41, 5.74) is 1.28. The van der Waals surface area contributed by atoms with E-state index in [1.807, 2.05) is 47.0 Å². The lowest BCUT2D eigenvalue weighted by Gasteiger charge is -2.11. The maximum Gasteiger partial charge on any atom is 0.306 e. The number of thioether (sulfide) groups is 1. The molecule has 0 aliphatic heterocycles. The van der Waals surface area contributed by atoms with Crippen LogP contribution in [0.15, 0.2) is 78.0 Å². The van der Waals surface area contributed by atoms with Crippen LogP contribution in [0.3, 0.4) is 0 Å². The van der Waals surface area contributed by atoms with Gasteiger partial charge in [0, 0.05) is 22.3 Å². The number of nitro groups is 1. The molecule has 0 saturated carbocycles. The van der Waals surface area contributed by atoms with Crippen molar-refractivity contribution in [3.05, 3.63) is 99.3 Å². The third-order valence-electron chi connectivity index (χ3n) is 4.76. The molecule has 0 unspecified atom stereocenters. The minimum atomic E-state index is -0.971. The first-order chi connectivity index (χ1) is 16.4. The van der Waals surface area contributed by atoms with Gasteiger partial charge in [-0.2, -0.15) is 4.39 Å². The first-order valence-corrected chi connectivity index (χ1v) is 11.4. The summed E-state index contributed by atoms with van der Waals surface area (Å²) in [6.45, 7) is 0.486. The quantitative estimate of drug-likeness (QED) is 0.198. The number of hydrogen-bond acceptors (Lipinski definition) is 6. The van der Waals surface area contributed by atoms with E-state index >= 15 is 0 Å². The minimum Gasteiger partial charge on any atom is -0.325 e. The van der Waals surface area contributed by atoms with E-state index in [0.717, 1.165) is 23.3 Å². The van der Waals surface area contributed by atoms with Gasteiger partial charge < -0.3 is 5.32 Å². The number of nitrogens with zero attached hydrogens (tertiary/aromatic N) is 4. The second kappa shape index (κ2) is 10.4. The molecule has 1 N–H and O–H groups in total. The first kappa shape index (κ1) is 23.4. The highest BCUT2D eigenvalue weighted by atomic mass is 35.5. The van der Waals surface area contributed by atoms with Crippen molar-refractivity contribution in [2.75, 3.05) is 11.1 Å². The van der Waals surface area contributed by atoms with Crippen molar-refractivity contribution in [3.8, 4) is 11.4 Å². The summed E-state index contributed by atoms with van der Waals surface area (Å²) in [4.78, 5) is 22.5. The zero-order chi connectivity index (χ0) is 24.1. The average molecular weight is 498 g/mol. The summed E-state index contributed by atoms with van der Waals surface area (Å²) in [7, 11) is 0. The summed E-state index contributed by atoms with van der Waals surface area (Å²) >= 11 is 7.18. The molecule has 4 rings (SSSR count). The molecule has 1 aromatic heterocycles. The van der Waals surface area contributed by atoms with Crippen molar-refractivity contribution >= 4 is 40.6 Å². The fraction of sp³-hybridized carbons (Fsp3) is 0.0870. The molecule has 0 saturated heterocycles. The molecule has 1 heterocycles. The summed E-state index contributed by atoms with van der Waals surface area (Å²) in [6.07, 6.45) is 0. The fourth-order valence-corrected chi connectivity index (χ4v) is 4.04. The Kier molecular flexibility index (Phi) is 7.19. The molecule has 0 spiro atoms. The minimum absolute atomic E-state index is 0.0291. The van der Waals surface area contributed by atoms with Crippen molar-refractivity contribution < 1.29 is 14.1 Å². The van der Waals surface area contributed by atoms with Crippen LogP contribution >= 0.6 is 23.4 Å². The molecule has 4 aromatic rings. The van der Waals surface area contributed by atoms with Gasteiger partial charge in [-0.15, -0.1) is 10.2 Å². The van der Waals surface area contributed by atoms with E-state index in [2.05, 4.69) is 15.5 Å². The molecular formula is C23H17ClFN5O3S. The number of hydrogen-bond donors (Lipinski definition) is 1. The Balaban J connectivity index is 1.53. The van der Waals surface area contributed by atoms with Gasteiger partial charge in [-0.25, -0.2) is 0 Å². The monoisotopic (exact) mass is 497 g/mol. The van der Waals surface area contributed by atoms with E-state index in [1.54, 1.807) is 12.1 Å². The third kappa shape index (κ3) is 5.59. The first-order valence-electron chi connectivity index (χ1n) is 10.0. The number of rotatable bonds is 8. The standard InChI is InChI=1S/C23H17ClFN5O3S/c24-17-8-6-16(7-9-17)22-27-28-23(29(22)13-15-4-2-1-3-5-15)34-14-21(31)26-18-10-11-19(25)20(12-18)30(32)33/h1-12H,13-14H2,(H,26,31). The van der Waals surface area contributed by atoms with Crippen LogP contribution in [0.1, 0.15) is 5.56 Å². The van der Waals surface area contributed by atoms with Gasteiger partial charge in [0.25, 0.3) is 0 Å². The number of aromatic nitrogens is 3. The van der Waals surface area contributed by atoms with E-state index in [0.29, 0.717) is 22.5 Å². The van der Waals surface area contributed by atoms with Gasteiger partial charge in [0.15, 0.2) is 11.0 Å². The molecule has 0 bridgehead atoms. The molecule has 1 amide bonds. The van der Waals surface area contributed by atoms with Crippen molar-refractivity contribution in [1.82, 2.24) is 14.8 Å². The van der Waals surface area contributed by atoms with Crippen molar-refractivity contribution in [1.29, 1.82) is 0 Å². The zero-order valence-corrected chi connectivity index (χ0v) is 19.1. The van der Waals surface area contributed by atoms with Crippen LogP contribution in [0.4, 0.5) is 15.8 Å². The highest BCUT2D eigenvalue weighted by Crippen LogP contribution is 2.27. The largest absolute Gasteiger partial charge is 0.325 e. The van der Waals surface area contributed by atoms with E-state index in [9.17, 15) is 19.3 Å². The average Bonchev–Trinajstić information content (AvgIpc) is 3.22. The lowest BCUT2D eigenvalue weighted by atomic mass is 10.2. The second-order valence-electron chi connectivity index (χ2n) is 7.14. The van der Waals surface area contributed by atoms with E-state index in [4.69, 9.17) is 11.6 Å². The maximum atomic E-state index is 13.5. The number of amides is 1. The number of nitrogens with one attached hydrogen (secondary N) is 1. The molecule has 0 aliphatic rings. The van der Waals surface area contributed by atoms with Crippen LogP contribution in [0.5, 0.6) is 0 Å². The Morgan fingerprint density at radius 3 is 2.53 bits per heavy atom. The number of benzene rings is 3. The van der Waals surface area contributed by atoms with Crippen LogP contribution in [-0.4, -0.2) is 31.3 Å². The molecule has 0 atom stereocenters. The van der Waals surface area contributed by atoms with E-state index in [-0.39, 0.29) is 11.4 Å². The molecule has 8 nitrogen and oxygen atoms in total. The summed E-state index contributed by atoms with van der Waals surface area (Å²) in [5.74, 6) is -0.800. The Morgan fingerprint density at radius 1 is 1.09 bits per heavy atom.